The lowest BCUT2D eigenvalue weighted by Crippen LogP contribution is -2.54. The summed E-state index contributed by atoms with van der Waals surface area (Å²) in [6.45, 7) is 4.42. The SMILES string of the molecule is CC(C)[C@@H](NC(=O)C1(c2ccccc2Cl)CCOCC1)C(=O)O. The van der Waals surface area contributed by atoms with Gasteiger partial charge in [-0.3, -0.25) is 4.79 Å². The number of ether oxygens (including phenoxy) is 1. The molecule has 126 valence electrons. The Hall–Kier alpha value is -1.59. The van der Waals surface area contributed by atoms with Crippen LogP contribution in [0.3, 0.4) is 0 Å². The van der Waals surface area contributed by atoms with Crippen molar-refractivity contribution in [2.45, 2.75) is 38.1 Å². The number of carboxylic acid groups (broad SMARTS) is 1. The van der Waals surface area contributed by atoms with Crippen molar-refractivity contribution in [1.29, 1.82) is 0 Å². The molecule has 1 aliphatic heterocycles. The minimum Gasteiger partial charge on any atom is -0.480 e. The number of halogens is 1. The van der Waals surface area contributed by atoms with E-state index in [0.29, 0.717) is 31.1 Å². The number of carbonyl (C=O) groups excluding carboxylic acids is 1. The van der Waals surface area contributed by atoms with Gasteiger partial charge in [0.15, 0.2) is 0 Å². The van der Waals surface area contributed by atoms with Crippen LogP contribution in [0.15, 0.2) is 24.3 Å². The minimum absolute atomic E-state index is 0.209. The van der Waals surface area contributed by atoms with Gasteiger partial charge in [-0.15, -0.1) is 0 Å². The molecule has 0 radical (unpaired) electrons. The van der Waals surface area contributed by atoms with Gasteiger partial charge in [0.2, 0.25) is 5.91 Å². The number of nitrogens with one attached hydrogen (secondary N) is 1. The Bertz CT molecular complexity index is 582. The van der Waals surface area contributed by atoms with Gasteiger partial charge in [0, 0.05) is 18.2 Å². The molecule has 2 N–H and O–H groups in total. The highest BCUT2D eigenvalue weighted by atomic mass is 35.5. The van der Waals surface area contributed by atoms with Crippen LogP contribution in [0.5, 0.6) is 0 Å². The number of amides is 1. The summed E-state index contributed by atoms with van der Waals surface area (Å²) < 4.78 is 5.40. The second kappa shape index (κ2) is 7.32. The summed E-state index contributed by atoms with van der Waals surface area (Å²) in [5.41, 5.74) is -0.116. The molecular formula is C17H22ClNO4. The highest BCUT2D eigenvalue weighted by Gasteiger charge is 2.44. The quantitative estimate of drug-likeness (QED) is 0.864. The van der Waals surface area contributed by atoms with Crippen molar-refractivity contribution in [3.63, 3.8) is 0 Å². The number of rotatable bonds is 5. The van der Waals surface area contributed by atoms with Crippen molar-refractivity contribution in [3.8, 4) is 0 Å². The Labute approximate surface area is 141 Å². The number of carboxylic acids is 1. The molecule has 0 saturated carbocycles. The fourth-order valence-corrected chi connectivity index (χ4v) is 3.30. The maximum Gasteiger partial charge on any atom is 0.326 e. The second-order valence-electron chi connectivity index (χ2n) is 6.21. The van der Waals surface area contributed by atoms with E-state index in [9.17, 15) is 14.7 Å². The van der Waals surface area contributed by atoms with Gasteiger partial charge in [-0.2, -0.15) is 0 Å². The summed E-state index contributed by atoms with van der Waals surface area (Å²) in [6, 6.07) is 6.30. The smallest absolute Gasteiger partial charge is 0.326 e. The second-order valence-corrected chi connectivity index (χ2v) is 6.61. The number of hydrogen-bond acceptors (Lipinski definition) is 3. The van der Waals surface area contributed by atoms with Crippen LogP contribution < -0.4 is 5.32 Å². The zero-order valence-electron chi connectivity index (χ0n) is 13.3. The van der Waals surface area contributed by atoms with E-state index in [1.807, 2.05) is 18.2 Å². The monoisotopic (exact) mass is 339 g/mol. The Kier molecular flexibility index (Phi) is 5.65. The van der Waals surface area contributed by atoms with Crippen LogP contribution in [0.25, 0.3) is 0 Å². The molecule has 23 heavy (non-hydrogen) atoms. The molecule has 0 spiro atoms. The summed E-state index contributed by atoms with van der Waals surface area (Å²) in [5.74, 6) is -1.54. The molecule has 6 heteroatoms. The maximum absolute atomic E-state index is 13.0. The molecule has 0 aromatic heterocycles. The molecule has 1 amide bonds. The molecule has 5 nitrogen and oxygen atoms in total. The summed E-state index contributed by atoms with van der Waals surface area (Å²) in [4.78, 5) is 24.4. The third-order valence-corrected chi connectivity index (χ3v) is 4.72. The average molecular weight is 340 g/mol. The van der Waals surface area contributed by atoms with Crippen molar-refractivity contribution in [2.75, 3.05) is 13.2 Å². The molecule has 1 atom stereocenters. The molecule has 0 bridgehead atoms. The van der Waals surface area contributed by atoms with Crippen LogP contribution in [0.4, 0.5) is 0 Å². The predicted molar refractivity (Wildman–Crippen MR) is 87.6 cm³/mol. The van der Waals surface area contributed by atoms with Gasteiger partial charge in [0.1, 0.15) is 6.04 Å². The van der Waals surface area contributed by atoms with Crippen LogP contribution in [0.2, 0.25) is 5.02 Å². The number of aliphatic carboxylic acids is 1. The zero-order chi connectivity index (χ0) is 17.0. The van der Waals surface area contributed by atoms with E-state index in [2.05, 4.69) is 5.32 Å². The largest absolute Gasteiger partial charge is 0.480 e. The van der Waals surface area contributed by atoms with E-state index in [0.717, 1.165) is 5.56 Å². The molecular weight excluding hydrogens is 318 g/mol. The van der Waals surface area contributed by atoms with Gasteiger partial charge in [0.05, 0.1) is 5.41 Å². The number of carbonyl (C=O) groups is 2. The van der Waals surface area contributed by atoms with Gasteiger partial charge in [-0.25, -0.2) is 4.79 Å². The third kappa shape index (κ3) is 3.67. The Morgan fingerprint density at radius 2 is 1.87 bits per heavy atom. The topological polar surface area (TPSA) is 75.6 Å². The standard InChI is InChI=1S/C17H22ClNO4/c1-11(2)14(15(20)21)19-16(22)17(7-9-23-10-8-17)12-5-3-4-6-13(12)18/h3-6,11,14H,7-10H2,1-2H3,(H,19,22)(H,20,21)/t14-/m1/s1. The third-order valence-electron chi connectivity index (χ3n) is 4.39. The van der Waals surface area contributed by atoms with E-state index in [1.54, 1.807) is 19.9 Å². The van der Waals surface area contributed by atoms with Gasteiger partial charge in [-0.1, -0.05) is 43.6 Å². The molecule has 1 aliphatic rings. The van der Waals surface area contributed by atoms with Gasteiger partial charge in [0.25, 0.3) is 0 Å². The first kappa shape index (κ1) is 17.8. The zero-order valence-corrected chi connectivity index (χ0v) is 14.1. The van der Waals surface area contributed by atoms with Crippen LogP contribution in [0.1, 0.15) is 32.3 Å². The maximum atomic E-state index is 13.0. The summed E-state index contributed by atoms with van der Waals surface area (Å²) in [6.07, 6.45) is 0.958. The summed E-state index contributed by atoms with van der Waals surface area (Å²) in [7, 11) is 0. The first-order valence-electron chi connectivity index (χ1n) is 7.75. The molecule has 0 aliphatic carbocycles. The Morgan fingerprint density at radius 3 is 2.39 bits per heavy atom. The molecule has 1 aromatic carbocycles. The first-order valence-corrected chi connectivity index (χ1v) is 8.13. The number of benzene rings is 1. The van der Waals surface area contributed by atoms with Crippen LogP contribution in [-0.2, 0) is 19.7 Å². The fraction of sp³-hybridized carbons (Fsp3) is 0.529. The minimum atomic E-state index is -1.03. The summed E-state index contributed by atoms with van der Waals surface area (Å²) in [5, 5.41) is 12.5. The van der Waals surface area contributed by atoms with E-state index in [1.165, 1.54) is 0 Å². The van der Waals surface area contributed by atoms with Crippen LogP contribution >= 0.6 is 11.6 Å². The summed E-state index contributed by atoms with van der Waals surface area (Å²) >= 11 is 6.32. The molecule has 0 unspecified atom stereocenters. The fourth-order valence-electron chi connectivity index (χ4n) is 2.98. The van der Waals surface area contributed by atoms with E-state index >= 15 is 0 Å². The first-order chi connectivity index (χ1) is 10.9. The lowest BCUT2D eigenvalue weighted by molar-refractivity contribution is -0.145. The molecule has 1 fully saturated rings. The van der Waals surface area contributed by atoms with Gasteiger partial charge < -0.3 is 15.2 Å². The average Bonchev–Trinajstić information content (AvgIpc) is 2.52. The van der Waals surface area contributed by atoms with E-state index in [-0.39, 0.29) is 11.8 Å². The predicted octanol–water partition coefficient (Wildman–Crippen LogP) is 2.61. The van der Waals surface area contributed by atoms with E-state index < -0.39 is 17.4 Å². The molecule has 2 rings (SSSR count). The normalized spacial score (nSPS) is 18.4. The Balaban J connectivity index is 2.37. The molecule has 1 saturated heterocycles. The molecule has 1 heterocycles. The van der Waals surface area contributed by atoms with Crippen molar-refractivity contribution in [3.05, 3.63) is 34.9 Å². The van der Waals surface area contributed by atoms with Crippen molar-refractivity contribution < 1.29 is 19.4 Å². The lowest BCUT2D eigenvalue weighted by Gasteiger charge is -2.38. The van der Waals surface area contributed by atoms with Crippen molar-refractivity contribution >= 4 is 23.5 Å². The highest BCUT2D eigenvalue weighted by molar-refractivity contribution is 6.31. The van der Waals surface area contributed by atoms with Gasteiger partial charge >= 0.3 is 5.97 Å². The van der Waals surface area contributed by atoms with Crippen molar-refractivity contribution in [2.24, 2.45) is 5.92 Å². The molecule has 1 aromatic rings. The number of hydrogen-bond donors (Lipinski definition) is 2. The van der Waals surface area contributed by atoms with Crippen LogP contribution in [0, 0.1) is 5.92 Å². The van der Waals surface area contributed by atoms with Gasteiger partial charge in [-0.05, 0) is 30.4 Å². The van der Waals surface area contributed by atoms with Crippen molar-refractivity contribution in [1.82, 2.24) is 5.32 Å². The van der Waals surface area contributed by atoms with Crippen LogP contribution in [-0.4, -0.2) is 36.2 Å². The Morgan fingerprint density at radius 1 is 1.26 bits per heavy atom. The lowest BCUT2D eigenvalue weighted by atomic mass is 9.73. The highest BCUT2D eigenvalue weighted by Crippen LogP contribution is 2.39. The van der Waals surface area contributed by atoms with E-state index in [4.69, 9.17) is 16.3 Å².